The monoisotopic (exact) mass is 216 g/mol. The summed E-state index contributed by atoms with van der Waals surface area (Å²) in [6.07, 6.45) is 2.21. The van der Waals surface area contributed by atoms with Gasteiger partial charge in [0.25, 0.3) is 0 Å². The van der Waals surface area contributed by atoms with Crippen LogP contribution in [-0.2, 0) is 0 Å². The fourth-order valence-corrected chi connectivity index (χ4v) is 1.00. The fourth-order valence-electron chi connectivity index (χ4n) is 1.00. The smallest absolute Gasteiger partial charge is 0.213 e. The van der Waals surface area contributed by atoms with Gasteiger partial charge in [-0.3, -0.25) is 0 Å². The zero-order valence-electron chi connectivity index (χ0n) is 9.05. The molecule has 0 saturated heterocycles. The molecule has 1 rings (SSSR count). The summed E-state index contributed by atoms with van der Waals surface area (Å²) in [6.45, 7) is 2.91. The molecule has 0 unspecified atom stereocenters. The van der Waals surface area contributed by atoms with Crippen molar-refractivity contribution in [1.82, 2.24) is 4.98 Å². The molecule has 0 atom stereocenters. The van der Waals surface area contributed by atoms with Crippen molar-refractivity contribution in [3.05, 3.63) is 34.3 Å². The normalized spacial score (nSPS) is 8.56. The van der Waals surface area contributed by atoms with Crippen LogP contribution in [0.3, 0.4) is 0 Å². The van der Waals surface area contributed by atoms with Crippen LogP contribution in [0.25, 0.3) is 10.4 Å². The highest BCUT2D eigenvalue weighted by molar-refractivity contribution is 5.33. The molecule has 16 heavy (non-hydrogen) atoms. The van der Waals surface area contributed by atoms with E-state index in [-0.39, 0.29) is 0 Å². The summed E-state index contributed by atoms with van der Waals surface area (Å²) in [5, 5.41) is 3.38. The lowest BCUT2D eigenvalue weighted by atomic mass is 10.3. The maximum absolute atomic E-state index is 8.05. The molecule has 0 aliphatic rings. The van der Waals surface area contributed by atoms with Crippen LogP contribution in [0.15, 0.2) is 23.4 Å². The summed E-state index contributed by atoms with van der Waals surface area (Å²) < 4.78 is 5.20. The number of ether oxygens (including phenoxy) is 1. The first-order valence-corrected chi connectivity index (χ1v) is 4.95. The molecule has 0 aliphatic carbocycles. The van der Waals surface area contributed by atoms with Crippen molar-refractivity contribution in [1.29, 1.82) is 0 Å². The largest absolute Gasteiger partial charge is 0.478 e. The molecule has 0 amide bonds. The van der Waals surface area contributed by atoms with E-state index in [1.165, 1.54) is 0 Å². The van der Waals surface area contributed by atoms with Crippen LogP contribution in [0.4, 0.5) is 0 Å². The molecule has 0 radical (unpaired) electrons. The van der Waals surface area contributed by atoms with Crippen molar-refractivity contribution in [2.75, 3.05) is 13.2 Å². The highest BCUT2D eigenvalue weighted by Crippen LogP contribution is 2.06. The quantitative estimate of drug-likeness (QED) is 0.255. The van der Waals surface area contributed by atoms with Crippen LogP contribution in [0.2, 0.25) is 0 Å². The molecule has 5 heteroatoms. The lowest BCUT2D eigenvalue weighted by molar-refractivity contribution is 0.327. The van der Waals surface area contributed by atoms with Crippen molar-refractivity contribution in [2.45, 2.75) is 13.3 Å². The lowest BCUT2D eigenvalue weighted by Gasteiger charge is -1.99. The molecule has 1 aromatic rings. The van der Waals surface area contributed by atoms with E-state index in [1.807, 2.05) is 13.0 Å². The standard InChI is InChI=1S/C11H12N4O/c1-2-16-11-7-6-10(9-13-11)5-3-4-8-14-15-12/h6-7,9H,2,4,8H2,1H3. The maximum Gasteiger partial charge on any atom is 0.213 e. The van der Waals surface area contributed by atoms with Gasteiger partial charge in [0, 0.05) is 35.7 Å². The zero-order valence-corrected chi connectivity index (χ0v) is 9.05. The van der Waals surface area contributed by atoms with E-state index in [0.717, 1.165) is 5.56 Å². The molecule has 1 heterocycles. The molecular weight excluding hydrogens is 204 g/mol. The summed E-state index contributed by atoms with van der Waals surface area (Å²) in [5.74, 6) is 6.41. The zero-order chi connectivity index (χ0) is 11.6. The van der Waals surface area contributed by atoms with Gasteiger partial charge >= 0.3 is 0 Å². The van der Waals surface area contributed by atoms with Crippen molar-refractivity contribution in [3.8, 4) is 17.7 Å². The predicted molar refractivity (Wildman–Crippen MR) is 60.9 cm³/mol. The van der Waals surface area contributed by atoms with Gasteiger partial charge in [0.05, 0.1) is 6.61 Å². The minimum absolute atomic E-state index is 0.397. The van der Waals surface area contributed by atoms with Crippen molar-refractivity contribution in [3.63, 3.8) is 0 Å². The number of pyridine rings is 1. The Hall–Kier alpha value is -2.18. The van der Waals surface area contributed by atoms with E-state index in [9.17, 15) is 0 Å². The van der Waals surface area contributed by atoms with Crippen molar-refractivity contribution in [2.24, 2.45) is 5.11 Å². The van der Waals surface area contributed by atoms with Crippen molar-refractivity contribution < 1.29 is 4.74 Å². The second-order valence-corrected chi connectivity index (χ2v) is 2.82. The second kappa shape index (κ2) is 7.16. The summed E-state index contributed by atoms with van der Waals surface area (Å²) in [6, 6.07) is 3.62. The Balaban J connectivity index is 2.50. The maximum atomic E-state index is 8.05. The first kappa shape index (κ1) is 11.9. The Kier molecular flexibility index (Phi) is 5.32. The molecule has 0 saturated carbocycles. The van der Waals surface area contributed by atoms with Gasteiger partial charge in [-0.15, -0.1) is 0 Å². The topological polar surface area (TPSA) is 70.9 Å². The highest BCUT2D eigenvalue weighted by atomic mass is 16.5. The predicted octanol–water partition coefficient (Wildman–Crippen LogP) is 2.53. The van der Waals surface area contributed by atoms with Crippen LogP contribution in [0.5, 0.6) is 5.88 Å². The van der Waals surface area contributed by atoms with Gasteiger partial charge in [-0.2, -0.15) is 0 Å². The van der Waals surface area contributed by atoms with Gasteiger partial charge in [0.2, 0.25) is 5.88 Å². The first-order valence-electron chi connectivity index (χ1n) is 4.95. The van der Waals surface area contributed by atoms with Crippen LogP contribution in [0, 0.1) is 11.8 Å². The lowest BCUT2D eigenvalue weighted by Crippen LogP contribution is -1.93. The van der Waals surface area contributed by atoms with E-state index < -0.39 is 0 Å². The molecule has 0 N–H and O–H groups in total. The number of rotatable bonds is 4. The van der Waals surface area contributed by atoms with E-state index in [0.29, 0.717) is 25.5 Å². The Morgan fingerprint density at radius 1 is 1.56 bits per heavy atom. The summed E-state index contributed by atoms with van der Waals surface area (Å²) in [4.78, 5) is 6.72. The Morgan fingerprint density at radius 2 is 2.44 bits per heavy atom. The second-order valence-electron chi connectivity index (χ2n) is 2.82. The summed E-state index contributed by atoms with van der Waals surface area (Å²) in [5.41, 5.74) is 8.87. The van der Waals surface area contributed by atoms with Gasteiger partial charge in [-0.25, -0.2) is 4.98 Å². The minimum atomic E-state index is 0.397. The molecular formula is C11H12N4O. The van der Waals surface area contributed by atoms with Gasteiger partial charge in [0.15, 0.2) is 0 Å². The molecule has 0 spiro atoms. The number of aromatic nitrogens is 1. The third kappa shape index (κ3) is 4.36. The molecule has 82 valence electrons. The van der Waals surface area contributed by atoms with E-state index in [4.69, 9.17) is 10.3 Å². The van der Waals surface area contributed by atoms with Gasteiger partial charge in [-0.1, -0.05) is 17.0 Å². The highest BCUT2D eigenvalue weighted by Gasteiger charge is 1.92. The molecule has 0 aliphatic heterocycles. The Morgan fingerprint density at radius 3 is 3.06 bits per heavy atom. The van der Waals surface area contributed by atoms with Crippen LogP contribution in [-0.4, -0.2) is 18.1 Å². The minimum Gasteiger partial charge on any atom is -0.478 e. The van der Waals surface area contributed by atoms with E-state index >= 15 is 0 Å². The number of azide groups is 1. The third-order valence-electron chi connectivity index (χ3n) is 1.66. The SMILES string of the molecule is CCOc1ccc(C#CCCN=[N+]=[N-])cn1. The van der Waals surface area contributed by atoms with Crippen LogP contribution in [0.1, 0.15) is 18.9 Å². The third-order valence-corrected chi connectivity index (χ3v) is 1.66. The molecule has 1 aromatic heterocycles. The van der Waals surface area contributed by atoms with Crippen LogP contribution >= 0.6 is 0 Å². The summed E-state index contributed by atoms with van der Waals surface area (Å²) >= 11 is 0. The van der Waals surface area contributed by atoms with Crippen LogP contribution < -0.4 is 4.74 Å². The number of nitrogens with zero attached hydrogens (tertiary/aromatic N) is 4. The summed E-state index contributed by atoms with van der Waals surface area (Å²) in [7, 11) is 0. The average Bonchev–Trinajstić information content (AvgIpc) is 2.31. The average molecular weight is 216 g/mol. The Labute approximate surface area is 94.1 Å². The molecule has 0 fully saturated rings. The van der Waals surface area contributed by atoms with Gasteiger partial charge in [-0.05, 0) is 18.5 Å². The number of hydrogen-bond acceptors (Lipinski definition) is 3. The van der Waals surface area contributed by atoms with Gasteiger partial charge < -0.3 is 4.74 Å². The van der Waals surface area contributed by atoms with E-state index in [2.05, 4.69) is 26.9 Å². The van der Waals surface area contributed by atoms with Crippen molar-refractivity contribution >= 4 is 0 Å². The number of hydrogen-bond donors (Lipinski definition) is 0. The molecule has 0 bridgehead atoms. The van der Waals surface area contributed by atoms with E-state index in [1.54, 1.807) is 12.3 Å². The van der Waals surface area contributed by atoms with Gasteiger partial charge in [0.1, 0.15) is 0 Å². The first-order chi connectivity index (χ1) is 7.86. The fraction of sp³-hybridized carbons (Fsp3) is 0.364. The Bertz CT molecular complexity index is 424. The molecule has 0 aromatic carbocycles. The molecule has 5 nitrogen and oxygen atoms in total.